The summed E-state index contributed by atoms with van der Waals surface area (Å²) < 4.78 is 1.65. The number of nitrogens with two attached hydrogens (primary N) is 1. The first-order valence-electron chi connectivity index (χ1n) is 4.46. The predicted octanol–water partition coefficient (Wildman–Crippen LogP) is 2.36. The van der Waals surface area contributed by atoms with Gasteiger partial charge in [-0.1, -0.05) is 27.7 Å². The van der Waals surface area contributed by atoms with Gasteiger partial charge < -0.3 is 5.73 Å². The summed E-state index contributed by atoms with van der Waals surface area (Å²) in [6, 6.07) is 1.83. The van der Waals surface area contributed by atoms with Gasteiger partial charge in [0.1, 0.15) is 5.82 Å². The van der Waals surface area contributed by atoms with Gasteiger partial charge in [-0.05, 0) is 6.92 Å². The van der Waals surface area contributed by atoms with E-state index in [2.05, 4.69) is 5.10 Å². The molecule has 2 N–H and O–H groups in total. The van der Waals surface area contributed by atoms with Crippen molar-refractivity contribution in [1.29, 1.82) is 0 Å². The van der Waals surface area contributed by atoms with Crippen LogP contribution in [0.25, 0.3) is 0 Å². The maximum atomic E-state index is 5.44. The molecule has 0 aliphatic heterocycles. The average molecular weight is 171 g/mol. The van der Waals surface area contributed by atoms with Gasteiger partial charge in [-0.15, -0.1) is 0 Å². The van der Waals surface area contributed by atoms with Gasteiger partial charge in [-0.2, -0.15) is 5.10 Å². The minimum Gasteiger partial charge on any atom is -0.384 e. The van der Waals surface area contributed by atoms with Gasteiger partial charge in [0.25, 0.3) is 0 Å². The van der Waals surface area contributed by atoms with Crippen molar-refractivity contribution in [2.75, 3.05) is 5.73 Å². The molecule has 0 saturated carbocycles. The summed E-state index contributed by atoms with van der Waals surface area (Å²) in [4.78, 5) is 0. The second-order valence-electron chi connectivity index (χ2n) is 1.83. The van der Waals surface area contributed by atoms with Crippen molar-refractivity contribution in [1.82, 2.24) is 9.78 Å². The van der Waals surface area contributed by atoms with E-state index in [9.17, 15) is 0 Å². The number of nitrogens with zero attached hydrogens (tertiary/aromatic N) is 2. The Balaban J connectivity index is 0. The number of aryl methyl sites for hydroxylation is 2. The first-order chi connectivity index (χ1) is 5.70. The zero-order chi connectivity index (χ0) is 10.1. The zero-order valence-electron chi connectivity index (χ0n) is 9.05. The number of nitrogen functional groups attached to an aromatic ring is 1. The Kier molecular flexibility index (Phi) is 9.18. The molecule has 0 amide bonds. The van der Waals surface area contributed by atoms with Crippen LogP contribution in [0.4, 0.5) is 5.82 Å². The van der Waals surface area contributed by atoms with Crippen molar-refractivity contribution in [2.24, 2.45) is 7.05 Å². The number of rotatable bonds is 0. The van der Waals surface area contributed by atoms with E-state index in [1.54, 1.807) is 4.68 Å². The molecule has 0 fully saturated rings. The molecule has 0 atom stereocenters. The molecular formula is C9H21N3. The summed E-state index contributed by atoms with van der Waals surface area (Å²) in [6.45, 7) is 9.91. The molecular weight excluding hydrogens is 150 g/mol. The van der Waals surface area contributed by atoms with Crippen molar-refractivity contribution in [3.8, 4) is 0 Å². The van der Waals surface area contributed by atoms with Crippen LogP contribution in [-0.4, -0.2) is 9.78 Å². The second kappa shape index (κ2) is 8.11. The largest absolute Gasteiger partial charge is 0.384 e. The quantitative estimate of drug-likeness (QED) is 0.651. The van der Waals surface area contributed by atoms with E-state index in [-0.39, 0.29) is 0 Å². The molecule has 0 bridgehead atoms. The maximum absolute atomic E-state index is 5.44. The molecule has 0 unspecified atom stereocenters. The van der Waals surface area contributed by atoms with E-state index in [1.807, 2.05) is 47.7 Å². The first-order valence-corrected chi connectivity index (χ1v) is 4.46. The molecule has 1 aromatic rings. The van der Waals surface area contributed by atoms with Crippen molar-refractivity contribution >= 4 is 5.82 Å². The van der Waals surface area contributed by atoms with Crippen LogP contribution in [0.1, 0.15) is 33.4 Å². The lowest BCUT2D eigenvalue weighted by Crippen LogP contribution is -1.96. The van der Waals surface area contributed by atoms with Crippen molar-refractivity contribution in [3.05, 3.63) is 11.8 Å². The van der Waals surface area contributed by atoms with E-state index >= 15 is 0 Å². The van der Waals surface area contributed by atoms with Crippen LogP contribution in [0, 0.1) is 6.92 Å². The monoisotopic (exact) mass is 171 g/mol. The summed E-state index contributed by atoms with van der Waals surface area (Å²) >= 11 is 0. The van der Waals surface area contributed by atoms with Crippen molar-refractivity contribution in [3.63, 3.8) is 0 Å². The smallest absolute Gasteiger partial charge is 0.121 e. The molecule has 3 heteroatoms. The SMILES string of the molecule is CC.CC.Cc1cc(N)n(C)n1. The predicted molar refractivity (Wildman–Crippen MR) is 55.1 cm³/mol. The van der Waals surface area contributed by atoms with Gasteiger partial charge in [-0.3, -0.25) is 4.68 Å². The summed E-state index contributed by atoms with van der Waals surface area (Å²) in [5.41, 5.74) is 6.40. The topological polar surface area (TPSA) is 43.8 Å². The van der Waals surface area contributed by atoms with Gasteiger partial charge in [0.05, 0.1) is 5.69 Å². The molecule has 0 aromatic carbocycles. The summed E-state index contributed by atoms with van der Waals surface area (Å²) in [5, 5.41) is 4.00. The Morgan fingerprint density at radius 1 is 1.25 bits per heavy atom. The second-order valence-corrected chi connectivity index (χ2v) is 1.83. The Hall–Kier alpha value is -0.990. The van der Waals surface area contributed by atoms with E-state index in [4.69, 9.17) is 5.73 Å². The molecule has 0 saturated heterocycles. The number of hydrogen-bond acceptors (Lipinski definition) is 2. The standard InChI is InChI=1S/C5H9N3.2C2H6/c1-4-3-5(6)8(2)7-4;2*1-2/h3H,6H2,1-2H3;2*1-2H3. The van der Waals surface area contributed by atoms with Crippen LogP contribution < -0.4 is 5.73 Å². The van der Waals surface area contributed by atoms with Crippen LogP contribution in [0.15, 0.2) is 6.07 Å². The summed E-state index contributed by atoms with van der Waals surface area (Å²) in [5.74, 6) is 0.711. The van der Waals surface area contributed by atoms with Crippen molar-refractivity contribution in [2.45, 2.75) is 34.6 Å². The fraction of sp³-hybridized carbons (Fsp3) is 0.667. The lowest BCUT2D eigenvalue weighted by Gasteiger charge is -1.87. The molecule has 1 aromatic heterocycles. The van der Waals surface area contributed by atoms with E-state index in [0.29, 0.717) is 5.82 Å². The Morgan fingerprint density at radius 2 is 1.67 bits per heavy atom. The average Bonchev–Trinajstić information content (AvgIpc) is 2.37. The summed E-state index contributed by atoms with van der Waals surface area (Å²) in [7, 11) is 1.82. The fourth-order valence-electron chi connectivity index (χ4n) is 0.631. The van der Waals surface area contributed by atoms with Gasteiger partial charge in [-0.25, -0.2) is 0 Å². The molecule has 3 nitrogen and oxygen atoms in total. The van der Waals surface area contributed by atoms with Crippen molar-refractivity contribution < 1.29 is 0 Å². The number of anilines is 1. The zero-order valence-corrected chi connectivity index (χ0v) is 9.05. The lowest BCUT2D eigenvalue weighted by molar-refractivity contribution is 0.767. The molecule has 0 aliphatic rings. The molecule has 1 heterocycles. The molecule has 12 heavy (non-hydrogen) atoms. The van der Waals surface area contributed by atoms with Gasteiger partial charge in [0, 0.05) is 13.1 Å². The van der Waals surface area contributed by atoms with E-state index in [0.717, 1.165) is 5.69 Å². The van der Waals surface area contributed by atoms with E-state index in [1.165, 1.54) is 0 Å². The number of hydrogen-bond donors (Lipinski definition) is 1. The highest BCUT2D eigenvalue weighted by molar-refractivity contribution is 5.29. The third-order valence-electron chi connectivity index (χ3n) is 1.04. The third kappa shape index (κ3) is 4.77. The maximum Gasteiger partial charge on any atom is 0.121 e. The molecule has 72 valence electrons. The van der Waals surface area contributed by atoms with E-state index < -0.39 is 0 Å². The summed E-state index contributed by atoms with van der Waals surface area (Å²) in [6.07, 6.45) is 0. The highest BCUT2D eigenvalue weighted by Crippen LogP contribution is 2.00. The van der Waals surface area contributed by atoms with Crippen LogP contribution >= 0.6 is 0 Å². The van der Waals surface area contributed by atoms with Crippen LogP contribution in [0.5, 0.6) is 0 Å². The highest BCUT2D eigenvalue weighted by Gasteiger charge is 1.92. The fourth-order valence-corrected chi connectivity index (χ4v) is 0.631. The molecule has 0 spiro atoms. The highest BCUT2D eigenvalue weighted by atomic mass is 15.3. The Labute approximate surface area is 75.6 Å². The molecule has 0 aliphatic carbocycles. The number of aromatic nitrogens is 2. The molecule has 1 rings (SSSR count). The minimum atomic E-state index is 0.711. The lowest BCUT2D eigenvalue weighted by atomic mass is 10.5. The minimum absolute atomic E-state index is 0.711. The molecule has 0 radical (unpaired) electrons. The first kappa shape index (κ1) is 13.6. The Bertz CT molecular complexity index is 172. The normalized spacial score (nSPS) is 7.50. The third-order valence-corrected chi connectivity index (χ3v) is 1.04. The van der Waals surface area contributed by atoms with Gasteiger partial charge in [0.2, 0.25) is 0 Å². The van der Waals surface area contributed by atoms with Gasteiger partial charge in [0.15, 0.2) is 0 Å². The van der Waals surface area contributed by atoms with Crippen LogP contribution in [-0.2, 0) is 7.05 Å². The Morgan fingerprint density at radius 3 is 1.75 bits per heavy atom. The van der Waals surface area contributed by atoms with Crippen LogP contribution in [0.3, 0.4) is 0 Å². The van der Waals surface area contributed by atoms with Gasteiger partial charge >= 0.3 is 0 Å². The van der Waals surface area contributed by atoms with Crippen LogP contribution in [0.2, 0.25) is 0 Å².